The number of nitrogens with two attached hydrogens (primary N) is 1. The number of hydrogen-bond acceptors (Lipinski definition) is 4. The molecule has 2 N–H and O–H groups in total. The number of hydrogen-bond donors (Lipinski definition) is 1. The number of ether oxygens (including phenoxy) is 1. The molecule has 4 heteroatoms. The Balaban J connectivity index is 2.11. The van der Waals surface area contributed by atoms with E-state index < -0.39 is 0 Å². The maximum Gasteiger partial charge on any atom is 0.0565 e. The molecule has 100 valence electrons. The molecule has 3 unspecified atom stereocenters. The van der Waals surface area contributed by atoms with Crippen molar-refractivity contribution in [3.63, 3.8) is 0 Å². The summed E-state index contributed by atoms with van der Waals surface area (Å²) in [5.74, 6) is 0. The zero-order chi connectivity index (χ0) is 12.5. The molecule has 0 bridgehead atoms. The predicted octanol–water partition coefficient (Wildman–Crippen LogP) is 0.519. The average Bonchev–Trinajstić information content (AvgIpc) is 2.28. The Morgan fingerprint density at radius 3 is 2.71 bits per heavy atom. The zero-order valence-electron chi connectivity index (χ0n) is 11.5. The van der Waals surface area contributed by atoms with Crippen LogP contribution in [0.4, 0.5) is 0 Å². The molecule has 0 aromatic rings. The highest BCUT2D eigenvalue weighted by Crippen LogP contribution is 2.32. The summed E-state index contributed by atoms with van der Waals surface area (Å²) in [5.41, 5.74) is 6.30. The van der Waals surface area contributed by atoms with E-state index in [1.54, 1.807) is 0 Å². The first-order valence-electron chi connectivity index (χ1n) is 6.84. The highest BCUT2D eigenvalue weighted by atomic mass is 16.5. The van der Waals surface area contributed by atoms with E-state index >= 15 is 0 Å². The molecule has 0 spiro atoms. The molecular formula is C13H27N3O. The summed E-state index contributed by atoms with van der Waals surface area (Å²) in [7, 11) is 2.20. The Kier molecular flexibility index (Phi) is 4.08. The first kappa shape index (κ1) is 13.3. The van der Waals surface area contributed by atoms with E-state index in [0.717, 1.165) is 45.6 Å². The van der Waals surface area contributed by atoms with Crippen LogP contribution < -0.4 is 5.73 Å². The van der Waals surface area contributed by atoms with Crippen LogP contribution in [-0.2, 0) is 4.74 Å². The Morgan fingerprint density at radius 2 is 2.12 bits per heavy atom. The zero-order valence-corrected chi connectivity index (χ0v) is 11.5. The summed E-state index contributed by atoms with van der Waals surface area (Å²) in [4.78, 5) is 5.06. The second-order valence-corrected chi connectivity index (χ2v) is 5.87. The molecule has 0 amide bonds. The fourth-order valence-electron chi connectivity index (χ4n) is 3.55. The van der Waals surface area contributed by atoms with E-state index in [4.69, 9.17) is 10.5 Å². The second kappa shape index (κ2) is 5.22. The molecular weight excluding hydrogens is 214 g/mol. The number of piperazine rings is 1. The Morgan fingerprint density at radius 1 is 1.35 bits per heavy atom. The topological polar surface area (TPSA) is 41.7 Å². The number of nitrogens with zero attached hydrogens (tertiary/aromatic N) is 2. The van der Waals surface area contributed by atoms with Crippen molar-refractivity contribution in [2.75, 3.05) is 39.8 Å². The Labute approximate surface area is 105 Å². The van der Waals surface area contributed by atoms with Crippen LogP contribution >= 0.6 is 0 Å². The van der Waals surface area contributed by atoms with Crippen molar-refractivity contribution in [3.8, 4) is 0 Å². The van der Waals surface area contributed by atoms with Gasteiger partial charge < -0.3 is 15.4 Å². The summed E-state index contributed by atoms with van der Waals surface area (Å²) in [6.45, 7) is 9.56. The number of rotatable bonds is 2. The highest BCUT2D eigenvalue weighted by molar-refractivity contribution is 4.99. The van der Waals surface area contributed by atoms with Crippen LogP contribution in [0.2, 0.25) is 0 Å². The van der Waals surface area contributed by atoms with E-state index in [-0.39, 0.29) is 5.54 Å². The van der Waals surface area contributed by atoms with Gasteiger partial charge in [-0.1, -0.05) is 0 Å². The second-order valence-electron chi connectivity index (χ2n) is 5.87. The summed E-state index contributed by atoms with van der Waals surface area (Å²) in [5, 5.41) is 0. The maximum absolute atomic E-state index is 6.12. The van der Waals surface area contributed by atoms with Crippen molar-refractivity contribution in [1.82, 2.24) is 9.80 Å². The van der Waals surface area contributed by atoms with Gasteiger partial charge in [0.2, 0.25) is 0 Å². The monoisotopic (exact) mass is 241 g/mol. The van der Waals surface area contributed by atoms with Gasteiger partial charge in [0, 0.05) is 44.4 Å². The molecule has 0 radical (unpaired) electrons. The van der Waals surface area contributed by atoms with Crippen LogP contribution in [-0.4, -0.2) is 67.3 Å². The predicted molar refractivity (Wildman–Crippen MR) is 70.1 cm³/mol. The summed E-state index contributed by atoms with van der Waals surface area (Å²) in [6, 6.07) is 0.600. The standard InChI is InChI=1S/C13H27N3O/c1-11-9-15(3)5-6-16(11)13(10-14)4-7-17-12(2)8-13/h11-12H,4-10,14H2,1-3H3. The summed E-state index contributed by atoms with van der Waals surface area (Å²) in [6.07, 6.45) is 2.51. The lowest BCUT2D eigenvalue weighted by Gasteiger charge is -2.53. The van der Waals surface area contributed by atoms with Crippen LogP contribution in [0.5, 0.6) is 0 Å². The van der Waals surface area contributed by atoms with Gasteiger partial charge in [0.15, 0.2) is 0 Å². The smallest absolute Gasteiger partial charge is 0.0565 e. The van der Waals surface area contributed by atoms with Crippen LogP contribution in [0.3, 0.4) is 0 Å². The molecule has 2 aliphatic rings. The van der Waals surface area contributed by atoms with Crippen LogP contribution in [0.25, 0.3) is 0 Å². The lowest BCUT2D eigenvalue weighted by atomic mass is 9.83. The van der Waals surface area contributed by atoms with Gasteiger partial charge in [0.25, 0.3) is 0 Å². The molecule has 0 aromatic heterocycles. The van der Waals surface area contributed by atoms with Gasteiger partial charge in [0.1, 0.15) is 0 Å². The minimum absolute atomic E-state index is 0.179. The van der Waals surface area contributed by atoms with E-state index in [0.29, 0.717) is 12.1 Å². The first-order chi connectivity index (χ1) is 8.07. The molecule has 2 fully saturated rings. The Hall–Kier alpha value is -0.160. The number of likely N-dealkylation sites (N-methyl/N-ethyl adjacent to an activating group) is 1. The molecule has 0 saturated carbocycles. The molecule has 2 rings (SSSR count). The van der Waals surface area contributed by atoms with Crippen molar-refractivity contribution in [2.45, 2.75) is 44.4 Å². The van der Waals surface area contributed by atoms with Crippen molar-refractivity contribution >= 4 is 0 Å². The van der Waals surface area contributed by atoms with Crippen molar-refractivity contribution in [1.29, 1.82) is 0 Å². The van der Waals surface area contributed by atoms with Gasteiger partial charge in [-0.25, -0.2) is 0 Å². The minimum atomic E-state index is 0.179. The van der Waals surface area contributed by atoms with Gasteiger partial charge in [-0.2, -0.15) is 0 Å². The third-order valence-electron chi connectivity index (χ3n) is 4.46. The SMILES string of the molecule is CC1CC(CN)(N2CCN(C)CC2C)CCO1. The van der Waals surface area contributed by atoms with Crippen molar-refractivity contribution in [2.24, 2.45) is 5.73 Å². The molecule has 2 saturated heterocycles. The Bertz CT molecular complexity index is 261. The normalized spacial score (nSPS) is 41.6. The van der Waals surface area contributed by atoms with Gasteiger partial charge in [-0.3, -0.25) is 4.90 Å². The largest absolute Gasteiger partial charge is 0.378 e. The molecule has 4 nitrogen and oxygen atoms in total. The van der Waals surface area contributed by atoms with E-state index in [1.165, 1.54) is 0 Å². The van der Waals surface area contributed by atoms with E-state index in [1.807, 2.05) is 0 Å². The minimum Gasteiger partial charge on any atom is -0.378 e. The summed E-state index contributed by atoms with van der Waals surface area (Å²) < 4.78 is 5.69. The van der Waals surface area contributed by atoms with E-state index in [2.05, 4.69) is 30.7 Å². The summed E-state index contributed by atoms with van der Waals surface area (Å²) >= 11 is 0. The van der Waals surface area contributed by atoms with E-state index in [9.17, 15) is 0 Å². The molecule has 17 heavy (non-hydrogen) atoms. The van der Waals surface area contributed by atoms with Gasteiger partial charge in [0.05, 0.1) is 6.10 Å². The molecule has 2 heterocycles. The average molecular weight is 241 g/mol. The van der Waals surface area contributed by atoms with Crippen molar-refractivity contribution < 1.29 is 4.74 Å². The van der Waals surface area contributed by atoms with Gasteiger partial charge in [-0.05, 0) is 33.7 Å². The fourth-order valence-corrected chi connectivity index (χ4v) is 3.55. The van der Waals surface area contributed by atoms with Crippen LogP contribution in [0.1, 0.15) is 26.7 Å². The van der Waals surface area contributed by atoms with Gasteiger partial charge >= 0.3 is 0 Å². The lowest BCUT2D eigenvalue weighted by molar-refractivity contribution is -0.0894. The van der Waals surface area contributed by atoms with Crippen LogP contribution in [0, 0.1) is 0 Å². The van der Waals surface area contributed by atoms with Crippen LogP contribution in [0.15, 0.2) is 0 Å². The lowest BCUT2D eigenvalue weighted by Crippen LogP contribution is -2.65. The molecule has 0 aliphatic carbocycles. The molecule has 2 aliphatic heterocycles. The first-order valence-corrected chi connectivity index (χ1v) is 6.84. The third kappa shape index (κ3) is 2.65. The van der Waals surface area contributed by atoms with Crippen molar-refractivity contribution in [3.05, 3.63) is 0 Å². The fraction of sp³-hybridized carbons (Fsp3) is 1.00. The quantitative estimate of drug-likeness (QED) is 0.765. The highest BCUT2D eigenvalue weighted by Gasteiger charge is 2.42. The third-order valence-corrected chi connectivity index (χ3v) is 4.46. The maximum atomic E-state index is 6.12. The van der Waals surface area contributed by atoms with Gasteiger partial charge in [-0.15, -0.1) is 0 Å². The molecule has 3 atom stereocenters. The molecule has 0 aromatic carbocycles.